The Kier molecular flexibility index (Phi) is 5.97. The summed E-state index contributed by atoms with van der Waals surface area (Å²) >= 11 is 0. The van der Waals surface area contributed by atoms with Crippen LogP contribution in [0, 0.1) is 0 Å². The maximum atomic E-state index is 4.07. The lowest BCUT2D eigenvalue weighted by Gasteiger charge is -2.23. The first-order chi connectivity index (χ1) is 10.8. The second-order valence-electron chi connectivity index (χ2n) is 5.50. The van der Waals surface area contributed by atoms with E-state index >= 15 is 0 Å². The molecule has 22 heavy (non-hydrogen) atoms. The van der Waals surface area contributed by atoms with Crippen LogP contribution in [0.2, 0.25) is 0 Å². The summed E-state index contributed by atoms with van der Waals surface area (Å²) in [6.07, 6.45) is 7.95. The lowest BCUT2D eigenvalue weighted by Crippen LogP contribution is -2.06. The van der Waals surface area contributed by atoms with Crippen LogP contribution in [-0.2, 0) is 0 Å². The van der Waals surface area contributed by atoms with Gasteiger partial charge in [-0.3, -0.25) is 0 Å². The minimum absolute atomic E-state index is 0.217. The average Bonchev–Trinajstić information content (AvgIpc) is 2.57. The largest absolute Gasteiger partial charge is 0.103 e. The molecule has 0 fully saturated rings. The van der Waals surface area contributed by atoms with Crippen molar-refractivity contribution < 1.29 is 0 Å². The molecule has 0 radical (unpaired) electrons. The molecule has 0 saturated carbocycles. The van der Waals surface area contributed by atoms with Crippen LogP contribution in [0.3, 0.4) is 0 Å². The normalized spacial score (nSPS) is 11.9. The van der Waals surface area contributed by atoms with Gasteiger partial charge in [-0.05, 0) is 35.4 Å². The molecule has 0 spiro atoms. The molecule has 2 rings (SSSR count). The van der Waals surface area contributed by atoms with Crippen LogP contribution in [0.5, 0.6) is 0 Å². The Balaban J connectivity index is 2.47. The second-order valence-corrected chi connectivity index (χ2v) is 5.50. The molecule has 0 amide bonds. The summed E-state index contributed by atoms with van der Waals surface area (Å²) in [5.41, 5.74) is 3.98. The van der Waals surface area contributed by atoms with Crippen molar-refractivity contribution >= 4 is 0 Å². The molecule has 0 heterocycles. The monoisotopic (exact) mass is 288 g/mol. The Labute approximate surface area is 134 Å². The van der Waals surface area contributed by atoms with Crippen LogP contribution in [0.15, 0.2) is 92.6 Å². The van der Waals surface area contributed by atoms with Crippen molar-refractivity contribution in [3.05, 3.63) is 109 Å². The van der Waals surface area contributed by atoms with Crippen LogP contribution in [0.25, 0.3) is 0 Å². The molecular formula is C22H24. The fraction of sp³-hybridized carbons (Fsp3) is 0.182. The molecule has 112 valence electrons. The molecule has 0 nitrogen and oxygen atoms in total. The van der Waals surface area contributed by atoms with Crippen molar-refractivity contribution in [1.29, 1.82) is 0 Å². The van der Waals surface area contributed by atoms with E-state index in [1.807, 2.05) is 24.3 Å². The van der Waals surface area contributed by atoms with Crippen molar-refractivity contribution in [2.75, 3.05) is 0 Å². The summed E-state index contributed by atoms with van der Waals surface area (Å²) < 4.78 is 0. The average molecular weight is 288 g/mol. The number of hydrogen-bond donors (Lipinski definition) is 0. The molecule has 2 aromatic carbocycles. The van der Waals surface area contributed by atoms with Gasteiger partial charge in [0.2, 0.25) is 0 Å². The maximum absolute atomic E-state index is 4.07. The zero-order valence-corrected chi connectivity index (χ0v) is 13.1. The third-order valence-electron chi connectivity index (χ3n) is 4.07. The molecule has 0 heteroatoms. The predicted molar refractivity (Wildman–Crippen MR) is 97.3 cm³/mol. The van der Waals surface area contributed by atoms with E-state index in [0.717, 1.165) is 12.8 Å². The zero-order chi connectivity index (χ0) is 15.8. The van der Waals surface area contributed by atoms with Gasteiger partial charge in [-0.15, -0.1) is 19.7 Å². The Morgan fingerprint density at radius 2 is 1.27 bits per heavy atom. The SMILES string of the molecule is C=CCC(CC=C)c1ccccc1C(C=C)c1ccccc1. The van der Waals surface area contributed by atoms with E-state index in [-0.39, 0.29) is 5.92 Å². The Bertz CT molecular complexity index is 611. The zero-order valence-electron chi connectivity index (χ0n) is 13.1. The molecule has 0 bridgehead atoms. The molecule has 0 aliphatic heterocycles. The summed E-state index contributed by atoms with van der Waals surface area (Å²) in [6, 6.07) is 19.2. The van der Waals surface area contributed by atoms with Gasteiger partial charge >= 0.3 is 0 Å². The van der Waals surface area contributed by atoms with Crippen LogP contribution in [-0.4, -0.2) is 0 Å². The third-order valence-corrected chi connectivity index (χ3v) is 4.07. The minimum Gasteiger partial charge on any atom is -0.103 e. The van der Waals surface area contributed by atoms with Crippen LogP contribution in [0.1, 0.15) is 41.4 Å². The van der Waals surface area contributed by atoms with Crippen molar-refractivity contribution in [2.45, 2.75) is 24.7 Å². The van der Waals surface area contributed by atoms with Gasteiger partial charge in [0.1, 0.15) is 0 Å². The van der Waals surface area contributed by atoms with Crippen LogP contribution >= 0.6 is 0 Å². The van der Waals surface area contributed by atoms with Gasteiger partial charge in [0, 0.05) is 5.92 Å². The van der Waals surface area contributed by atoms with Crippen LogP contribution < -0.4 is 0 Å². The van der Waals surface area contributed by atoms with E-state index in [1.165, 1.54) is 16.7 Å². The van der Waals surface area contributed by atoms with Gasteiger partial charge in [0.05, 0.1) is 0 Å². The smallest absolute Gasteiger partial charge is 0.0269 e. The number of allylic oxidation sites excluding steroid dienone is 3. The van der Waals surface area contributed by atoms with Crippen molar-refractivity contribution in [1.82, 2.24) is 0 Å². The maximum Gasteiger partial charge on any atom is 0.0269 e. The second kappa shape index (κ2) is 8.19. The molecule has 0 aromatic heterocycles. The Morgan fingerprint density at radius 1 is 0.727 bits per heavy atom. The summed E-state index contributed by atoms with van der Waals surface area (Å²) in [7, 11) is 0. The number of rotatable bonds is 8. The highest BCUT2D eigenvalue weighted by Gasteiger charge is 2.18. The van der Waals surface area contributed by atoms with Crippen molar-refractivity contribution in [3.63, 3.8) is 0 Å². The predicted octanol–water partition coefficient (Wildman–Crippen LogP) is 6.24. The lowest BCUT2D eigenvalue weighted by molar-refractivity contribution is 0.701. The highest BCUT2D eigenvalue weighted by atomic mass is 14.2. The molecular weight excluding hydrogens is 264 g/mol. The molecule has 1 atom stereocenters. The van der Waals surface area contributed by atoms with E-state index in [9.17, 15) is 0 Å². The van der Waals surface area contributed by atoms with Crippen molar-refractivity contribution in [3.8, 4) is 0 Å². The summed E-state index contributed by atoms with van der Waals surface area (Å²) in [6.45, 7) is 11.9. The van der Waals surface area contributed by atoms with Gasteiger partial charge in [-0.2, -0.15) is 0 Å². The Hall–Kier alpha value is -2.34. The highest BCUT2D eigenvalue weighted by molar-refractivity contribution is 5.43. The summed E-state index contributed by atoms with van der Waals surface area (Å²) in [5, 5.41) is 0. The number of hydrogen-bond acceptors (Lipinski definition) is 0. The molecule has 0 saturated heterocycles. The van der Waals surface area contributed by atoms with E-state index in [1.54, 1.807) is 0 Å². The topological polar surface area (TPSA) is 0 Å². The summed E-state index contributed by atoms with van der Waals surface area (Å²) in [5.74, 6) is 0.645. The lowest BCUT2D eigenvalue weighted by atomic mass is 9.81. The quantitative estimate of drug-likeness (QED) is 0.504. The Morgan fingerprint density at radius 3 is 1.82 bits per heavy atom. The van der Waals surface area contributed by atoms with E-state index in [0.29, 0.717) is 5.92 Å². The first-order valence-corrected chi connectivity index (χ1v) is 7.80. The van der Waals surface area contributed by atoms with Gasteiger partial charge in [0.15, 0.2) is 0 Å². The van der Waals surface area contributed by atoms with E-state index in [2.05, 4.69) is 68.3 Å². The van der Waals surface area contributed by atoms with Gasteiger partial charge in [-0.25, -0.2) is 0 Å². The molecule has 0 aliphatic rings. The highest BCUT2D eigenvalue weighted by Crippen LogP contribution is 2.35. The molecule has 1 unspecified atom stereocenters. The van der Waals surface area contributed by atoms with Gasteiger partial charge < -0.3 is 0 Å². The third kappa shape index (κ3) is 3.65. The van der Waals surface area contributed by atoms with Gasteiger partial charge in [0.25, 0.3) is 0 Å². The number of benzene rings is 2. The summed E-state index contributed by atoms with van der Waals surface area (Å²) in [4.78, 5) is 0. The molecule has 0 aliphatic carbocycles. The van der Waals surface area contributed by atoms with E-state index in [4.69, 9.17) is 0 Å². The van der Waals surface area contributed by atoms with Crippen molar-refractivity contribution in [2.24, 2.45) is 0 Å². The molecule has 2 aromatic rings. The minimum atomic E-state index is 0.217. The fourth-order valence-electron chi connectivity index (χ4n) is 3.02. The standard InChI is InChI=1S/C22H24/c1-4-12-18(13-5-2)21-16-10-11-17-22(21)20(6-3)19-14-8-7-9-15-19/h4-11,14-18,20H,1-3,12-13H2. The molecule has 0 N–H and O–H groups in total. The van der Waals surface area contributed by atoms with Gasteiger partial charge in [-0.1, -0.05) is 72.8 Å². The van der Waals surface area contributed by atoms with Crippen LogP contribution in [0.4, 0.5) is 0 Å². The van der Waals surface area contributed by atoms with E-state index < -0.39 is 0 Å². The fourth-order valence-corrected chi connectivity index (χ4v) is 3.02. The first-order valence-electron chi connectivity index (χ1n) is 7.80. The first kappa shape index (κ1) is 16.0.